The summed E-state index contributed by atoms with van der Waals surface area (Å²) in [5, 5.41) is 9.18. The van der Waals surface area contributed by atoms with Gasteiger partial charge in [0.25, 0.3) is 0 Å². The van der Waals surface area contributed by atoms with Crippen LogP contribution in [-0.2, 0) is 59.5 Å². The molecule has 0 bridgehead atoms. The monoisotopic (exact) mass is 1210 g/mol. The molecular weight excluding hydrogens is 1100 g/mol. The van der Waals surface area contributed by atoms with Gasteiger partial charge in [-0.05, 0) is 77.0 Å². The fraction of sp³-hybridized carbons (Fsp3) is 0.889. The van der Waals surface area contributed by atoms with Crippen LogP contribution in [0.4, 0.5) is 14.4 Å². The Kier molecular flexibility index (Phi) is 41.9. The molecule has 0 atom stereocenters. The van der Waals surface area contributed by atoms with E-state index >= 15 is 0 Å². The molecule has 24 nitrogen and oxygen atoms in total. The van der Waals surface area contributed by atoms with E-state index in [0.29, 0.717) is 135 Å². The number of hydrogen-bond acceptors (Lipinski definition) is 15. The van der Waals surface area contributed by atoms with Crippen LogP contribution < -0.4 is 33.0 Å². The summed E-state index contributed by atoms with van der Waals surface area (Å²) in [6.45, 7) is 11.8. The highest BCUT2D eigenvalue weighted by molar-refractivity contribution is 6.61. The molecule has 0 aliphatic carbocycles. The van der Waals surface area contributed by atoms with Crippen LogP contribution >= 0.6 is 0 Å². The third kappa shape index (κ3) is 28.3. The van der Waals surface area contributed by atoms with Crippen molar-refractivity contribution in [1.29, 1.82) is 0 Å². The third-order valence-corrected chi connectivity index (χ3v) is 23.4. The third-order valence-electron chi connectivity index (χ3n) is 14.9. The highest BCUT2D eigenvalue weighted by Crippen LogP contribution is 2.19. The van der Waals surface area contributed by atoms with Gasteiger partial charge in [0.05, 0.1) is 0 Å². The summed E-state index contributed by atoms with van der Waals surface area (Å²) in [7, 11) is 6.02. The Bertz CT molecular complexity index is 1740. The average molecular weight is 1210 g/mol. The number of aromatic nitrogens is 3. The Balaban J connectivity index is 3.00. The van der Waals surface area contributed by atoms with Crippen LogP contribution in [0, 0.1) is 0 Å². The van der Waals surface area contributed by atoms with E-state index in [-0.39, 0.29) is 37.7 Å². The van der Waals surface area contributed by atoms with Crippen LogP contribution in [0.15, 0.2) is 14.4 Å². The van der Waals surface area contributed by atoms with E-state index in [2.05, 4.69) is 36.7 Å². The topological polar surface area (TPSA) is 246 Å². The van der Waals surface area contributed by atoms with Gasteiger partial charge < -0.3 is 70.5 Å². The van der Waals surface area contributed by atoms with E-state index in [1.165, 1.54) is 13.7 Å². The number of nitrogens with zero attached hydrogens (tertiary/aromatic N) is 6. The Hall–Kier alpha value is -3.49. The van der Waals surface area contributed by atoms with Crippen molar-refractivity contribution >= 4 is 44.5 Å². The van der Waals surface area contributed by atoms with Gasteiger partial charge in [-0.2, -0.15) is 0 Å². The van der Waals surface area contributed by atoms with E-state index < -0.39 is 43.5 Å². The molecular formula is C54H111N9O15Si3. The van der Waals surface area contributed by atoms with Gasteiger partial charge in [0.1, 0.15) is 0 Å². The van der Waals surface area contributed by atoms with E-state index in [0.717, 1.165) is 77.0 Å². The molecule has 3 N–H and O–H groups in total. The maximum atomic E-state index is 14.0. The zero-order valence-corrected chi connectivity index (χ0v) is 55.3. The predicted octanol–water partition coefficient (Wildman–Crippen LogP) is 7.09. The number of urea groups is 3. The van der Waals surface area contributed by atoms with Crippen molar-refractivity contribution in [2.24, 2.45) is 0 Å². The molecule has 0 fully saturated rings. The minimum absolute atomic E-state index is 0.118. The van der Waals surface area contributed by atoms with Gasteiger partial charge in [0.2, 0.25) is 0 Å². The summed E-state index contributed by atoms with van der Waals surface area (Å²) >= 11 is 0. The van der Waals surface area contributed by atoms with Gasteiger partial charge in [-0.25, -0.2) is 42.5 Å². The van der Waals surface area contributed by atoms with Crippen molar-refractivity contribution in [1.82, 2.24) is 44.4 Å². The fourth-order valence-corrected chi connectivity index (χ4v) is 14.7. The highest BCUT2D eigenvalue weighted by Gasteiger charge is 2.39. The van der Waals surface area contributed by atoms with Crippen LogP contribution in [-0.4, -0.2) is 196 Å². The predicted molar refractivity (Wildman–Crippen MR) is 323 cm³/mol. The number of carbonyl (C=O) groups is 3. The number of hydrogen-bond donors (Lipinski definition) is 3. The summed E-state index contributed by atoms with van der Waals surface area (Å²) in [6, 6.07) is 1.43. The molecule has 0 spiro atoms. The number of unbranched alkanes of at least 4 members (excludes halogenated alkanes) is 12. The molecule has 0 aromatic carbocycles. The quantitative estimate of drug-likeness (QED) is 0.0435. The second-order valence-corrected chi connectivity index (χ2v) is 29.7. The van der Waals surface area contributed by atoms with Crippen LogP contribution in [0.5, 0.6) is 0 Å². The van der Waals surface area contributed by atoms with Crippen molar-refractivity contribution in [2.45, 2.75) is 193 Å². The molecule has 474 valence electrons. The Morgan fingerprint density at radius 1 is 0.333 bits per heavy atom. The first-order valence-electron chi connectivity index (χ1n) is 30.1. The van der Waals surface area contributed by atoms with Gasteiger partial charge in [-0.1, -0.05) is 78.6 Å². The van der Waals surface area contributed by atoms with E-state index in [9.17, 15) is 28.8 Å². The molecule has 0 radical (unpaired) electrons. The summed E-state index contributed by atoms with van der Waals surface area (Å²) in [5.74, 6) is 0. The smallest absolute Gasteiger partial charge is 0.377 e. The van der Waals surface area contributed by atoms with Crippen molar-refractivity contribution in [3.8, 4) is 0 Å². The lowest BCUT2D eigenvalue weighted by molar-refractivity contribution is 0.121. The SMILES string of the molecule is CCCCN(CCC[Si](OC)(OC)OC)C(=O)NCCCCCCn1c(=O)n(CCCCCCNC(=O)N(CCCC)CCC[Si](OC)(OC)OC)c(=O)n(CCCCCCNC(=O)N(CCCC)CCC[Si](OC)(OC)OC)c1=O. The van der Waals surface area contributed by atoms with Crippen LogP contribution in [0.1, 0.15) is 156 Å². The Labute approximate surface area is 489 Å². The Morgan fingerprint density at radius 3 is 0.753 bits per heavy atom. The highest BCUT2D eigenvalue weighted by atomic mass is 28.4. The van der Waals surface area contributed by atoms with Crippen LogP contribution in [0.2, 0.25) is 18.1 Å². The van der Waals surface area contributed by atoms with Crippen LogP contribution in [0.25, 0.3) is 0 Å². The fourth-order valence-electron chi connectivity index (χ4n) is 9.54. The van der Waals surface area contributed by atoms with Gasteiger partial charge in [0, 0.05) is 161 Å². The van der Waals surface area contributed by atoms with Gasteiger partial charge in [-0.15, -0.1) is 0 Å². The maximum absolute atomic E-state index is 14.0. The second kappa shape index (κ2) is 45.0. The average Bonchev–Trinajstić information content (AvgIpc) is 3.48. The summed E-state index contributed by atoms with van der Waals surface area (Å²) in [5.41, 5.74) is -1.82. The van der Waals surface area contributed by atoms with E-state index in [1.54, 1.807) is 64.0 Å². The normalized spacial score (nSPS) is 12.0. The zero-order chi connectivity index (χ0) is 60.4. The molecule has 0 saturated carbocycles. The van der Waals surface area contributed by atoms with E-state index in [1.807, 2.05) is 14.7 Å². The van der Waals surface area contributed by atoms with Gasteiger partial charge in [0.15, 0.2) is 0 Å². The number of rotatable bonds is 51. The molecule has 0 aliphatic heterocycles. The molecule has 6 amide bonds. The summed E-state index contributed by atoms with van der Waals surface area (Å²) < 4.78 is 53.6. The second-order valence-electron chi connectivity index (χ2n) is 20.5. The molecule has 27 heteroatoms. The van der Waals surface area contributed by atoms with E-state index in [4.69, 9.17) is 39.8 Å². The lowest BCUT2D eigenvalue weighted by Crippen LogP contribution is -2.54. The lowest BCUT2D eigenvalue weighted by atomic mass is 10.2. The van der Waals surface area contributed by atoms with Gasteiger partial charge in [-0.3, -0.25) is 0 Å². The molecule has 1 heterocycles. The standard InChI is InChI=1S/C54H111N9O15Si3/c1-13-16-37-58(40-31-46-79(70-4,71-5)72-6)49(64)55-34-25-19-22-28-43-61-52(67)62(44-29-23-20-26-35-56-50(65)59(38-17-14-2)41-32-47-80(73-7,74-8)75-9)54(69)63(53(61)68)45-30-24-21-27-36-57-51(66)60(39-18-15-3)42-33-48-81(76-10,77-11)78-12/h13-48H2,1-12H3,(H,55,64)(H,56,65)(H,57,66). The first-order valence-corrected chi connectivity index (χ1v) is 35.9. The molecule has 0 saturated heterocycles. The number of amides is 6. The molecule has 0 aliphatic rings. The van der Waals surface area contributed by atoms with Crippen molar-refractivity contribution in [3.05, 3.63) is 31.5 Å². The first kappa shape index (κ1) is 75.5. The minimum Gasteiger partial charge on any atom is -0.377 e. The number of carbonyl (C=O) groups excluding carboxylic acids is 3. The van der Waals surface area contributed by atoms with Crippen LogP contribution in [0.3, 0.4) is 0 Å². The summed E-state index contributed by atoms with van der Waals surface area (Å²) in [4.78, 5) is 87.0. The molecule has 0 unspecified atom stereocenters. The molecule has 1 aromatic rings. The number of nitrogens with one attached hydrogen (secondary N) is 3. The summed E-state index contributed by atoms with van der Waals surface area (Å²) in [6.07, 6.45) is 15.9. The maximum Gasteiger partial charge on any atom is 0.500 e. The van der Waals surface area contributed by atoms with Crippen molar-refractivity contribution in [3.63, 3.8) is 0 Å². The molecule has 1 aromatic heterocycles. The lowest BCUT2D eigenvalue weighted by Gasteiger charge is -2.27. The zero-order valence-electron chi connectivity index (χ0n) is 52.3. The first-order chi connectivity index (χ1) is 39.1. The Morgan fingerprint density at radius 2 is 0.543 bits per heavy atom. The largest absolute Gasteiger partial charge is 0.500 e. The molecule has 81 heavy (non-hydrogen) atoms. The van der Waals surface area contributed by atoms with Crippen molar-refractivity contribution < 1.29 is 54.2 Å². The minimum atomic E-state index is -2.75. The molecule has 1 rings (SSSR count). The van der Waals surface area contributed by atoms with Crippen molar-refractivity contribution in [2.75, 3.05) is 123 Å². The van der Waals surface area contributed by atoms with Gasteiger partial charge >= 0.3 is 61.6 Å².